The van der Waals surface area contributed by atoms with E-state index in [4.69, 9.17) is 5.11 Å². The van der Waals surface area contributed by atoms with Gasteiger partial charge in [0.05, 0.1) is 12.0 Å². The molecule has 0 aromatic rings. The molecule has 0 aliphatic rings. The van der Waals surface area contributed by atoms with Gasteiger partial charge in [-0.3, -0.25) is 4.79 Å². The van der Waals surface area contributed by atoms with E-state index in [1.165, 1.54) is 0 Å². The Bertz CT molecular complexity index is 596. The highest BCUT2D eigenvalue weighted by molar-refractivity contribution is 5.71. The third kappa shape index (κ3) is 14.8. The molecular formula is C26H40O4. The molecule has 0 fully saturated rings. The summed E-state index contributed by atoms with van der Waals surface area (Å²) in [6.45, 7) is 3.87. The summed E-state index contributed by atoms with van der Waals surface area (Å²) in [6, 6.07) is 0. The van der Waals surface area contributed by atoms with E-state index in [9.17, 15) is 15.0 Å². The van der Waals surface area contributed by atoms with Gasteiger partial charge < -0.3 is 15.3 Å². The molecule has 3 atom stereocenters. The number of aliphatic hydroxyl groups excluding tert-OH is 2. The third-order valence-corrected chi connectivity index (χ3v) is 4.48. The monoisotopic (exact) mass is 416 g/mol. The largest absolute Gasteiger partial charge is 0.481 e. The van der Waals surface area contributed by atoms with E-state index in [-0.39, 0.29) is 13.0 Å². The lowest BCUT2D eigenvalue weighted by Crippen LogP contribution is -2.34. The maximum atomic E-state index is 11.6. The molecule has 0 aliphatic carbocycles. The quantitative estimate of drug-likeness (QED) is 0.263. The Labute approximate surface area is 182 Å². The summed E-state index contributed by atoms with van der Waals surface area (Å²) in [7, 11) is 0. The van der Waals surface area contributed by atoms with Crippen molar-refractivity contribution in [2.24, 2.45) is 11.8 Å². The highest BCUT2D eigenvalue weighted by Gasteiger charge is 2.31. The van der Waals surface area contributed by atoms with Crippen molar-refractivity contribution in [1.82, 2.24) is 0 Å². The first-order valence-corrected chi connectivity index (χ1v) is 11.0. The number of hydrogen-bond donors (Lipinski definition) is 3. The Morgan fingerprint density at radius 1 is 0.733 bits per heavy atom. The van der Waals surface area contributed by atoms with Gasteiger partial charge in [-0.25, -0.2) is 0 Å². The molecule has 0 saturated carbocycles. The summed E-state index contributed by atoms with van der Waals surface area (Å²) in [5.41, 5.74) is 0. The molecule has 0 aromatic carbocycles. The van der Waals surface area contributed by atoms with Gasteiger partial charge in [-0.1, -0.05) is 86.8 Å². The van der Waals surface area contributed by atoms with E-state index in [0.29, 0.717) is 6.42 Å². The van der Waals surface area contributed by atoms with Gasteiger partial charge in [0.15, 0.2) is 0 Å². The van der Waals surface area contributed by atoms with Crippen LogP contribution in [0.2, 0.25) is 0 Å². The Kier molecular flexibility index (Phi) is 18.7. The zero-order valence-corrected chi connectivity index (χ0v) is 18.6. The summed E-state index contributed by atoms with van der Waals surface area (Å²) in [5, 5.41) is 28.7. The van der Waals surface area contributed by atoms with Crippen LogP contribution in [0.4, 0.5) is 0 Å². The second kappa shape index (κ2) is 20.1. The molecule has 0 amide bonds. The van der Waals surface area contributed by atoms with E-state index in [2.05, 4.69) is 49.5 Å². The van der Waals surface area contributed by atoms with Crippen LogP contribution in [0.25, 0.3) is 0 Å². The van der Waals surface area contributed by atoms with Crippen molar-refractivity contribution in [1.29, 1.82) is 0 Å². The van der Waals surface area contributed by atoms with Crippen molar-refractivity contribution in [3.05, 3.63) is 72.9 Å². The van der Waals surface area contributed by atoms with Crippen LogP contribution in [-0.4, -0.2) is 34.0 Å². The van der Waals surface area contributed by atoms with Gasteiger partial charge in [-0.2, -0.15) is 0 Å². The van der Waals surface area contributed by atoms with Crippen LogP contribution >= 0.6 is 0 Å². The second-order valence-corrected chi connectivity index (χ2v) is 7.02. The van der Waals surface area contributed by atoms with E-state index in [1.807, 2.05) is 37.3 Å². The van der Waals surface area contributed by atoms with Gasteiger partial charge in [0.1, 0.15) is 0 Å². The van der Waals surface area contributed by atoms with Crippen LogP contribution in [0, 0.1) is 11.8 Å². The maximum Gasteiger partial charge on any atom is 0.310 e. The van der Waals surface area contributed by atoms with Crippen molar-refractivity contribution in [3.8, 4) is 0 Å². The summed E-state index contributed by atoms with van der Waals surface area (Å²) in [5.74, 6) is -2.42. The van der Waals surface area contributed by atoms with Crippen molar-refractivity contribution >= 4 is 5.97 Å². The van der Waals surface area contributed by atoms with Crippen molar-refractivity contribution in [2.45, 2.75) is 64.9 Å². The average Bonchev–Trinajstić information content (AvgIpc) is 2.71. The SMILES string of the molecule is CC/C=C\C/C=C\C/C=C\C/C=C\C/C=C\[C@@H](/C=C\CC)C(C(=O)O)[C@H](O)CCO. The van der Waals surface area contributed by atoms with Gasteiger partial charge >= 0.3 is 5.97 Å². The summed E-state index contributed by atoms with van der Waals surface area (Å²) >= 11 is 0. The smallest absolute Gasteiger partial charge is 0.310 e. The molecule has 0 heterocycles. The highest BCUT2D eigenvalue weighted by Crippen LogP contribution is 2.22. The molecule has 1 unspecified atom stereocenters. The fourth-order valence-corrected chi connectivity index (χ4v) is 2.88. The Morgan fingerprint density at radius 3 is 1.60 bits per heavy atom. The molecular weight excluding hydrogens is 376 g/mol. The van der Waals surface area contributed by atoms with Crippen molar-refractivity contribution in [3.63, 3.8) is 0 Å². The van der Waals surface area contributed by atoms with Crippen LogP contribution in [0.1, 0.15) is 58.8 Å². The number of carboxylic acid groups (broad SMARTS) is 1. The number of rotatable bonds is 17. The fourth-order valence-electron chi connectivity index (χ4n) is 2.88. The van der Waals surface area contributed by atoms with Crippen LogP contribution in [0.3, 0.4) is 0 Å². The molecule has 0 radical (unpaired) electrons. The second-order valence-electron chi connectivity index (χ2n) is 7.02. The predicted octanol–water partition coefficient (Wildman–Crippen LogP) is 5.76. The van der Waals surface area contributed by atoms with Crippen LogP contribution < -0.4 is 0 Å². The normalized spacial score (nSPS) is 16.1. The maximum absolute atomic E-state index is 11.6. The number of carbonyl (C=O) groups is 1. The average molecular weight is 417 g/mol. The van der Waals surface area contributed by atoms with E-state index in [0.717, 1.165) is 32.1 Å². The highest BCUT2D eigenvalue weighted by atomic mass is 16.4. The van der Waals surface area contributed by atoms with Gasteiger partial charge in [0.25, 0.3) is 0 Å². The lowest BCUT2D eigenvalue weighted by atomic mass is 9.85. The van der Waals surface area contributed by atoms with Gasteiger partial charge in [-0.15, -0.1) is 0 Å². The minimum Gasteiger partial charge on any atom is -0.481 e. The Hall–Kier alpha value is -2.17. The zero-order valence-electron chi connectivity index (χ0n) is 18.6. The molecule has 3 N–H and O–H groups in total. The van der Waals surface area contributed by atoms with Crippen LogP contribution in [0.15, 0.2) is 72.9 Å². The van der Waals surface area contributed by atoms with Gasteiger partial charge in [0, 0.05) is 12.5 Å². The predicted molar refractivity (Wildman–Crippen MR) is 126 cm³/mol. The molecule has 0 aliphatic heterocycles. The molecule has 0 spiro atoms. The summed E-state index contributed by atoms with van der Waals surface area (Å²) in [4.78, 5) is 11.6. The Morgan fingerprint density at radius 2 is 1.17 bits per heavy atom. The number of carboxylic acids is 1. The number of aliphatic hydroxyl groups is 2. The molecule has 4 heteroatoms. The number of aliphatic carboxylic acids is 1. The van der Waals surface area contributed by atoms with Gasteiger partial charge in [0.2, 0.25) is 0 Å². The first-order chi connectivity index (χ1) is 14.6. The lowest BCUT2D eigenvalue weighted by molar-refractivity contribution is -0.147. The molecule has 0 saturated heterocycles. The van der Waals surface area contributed by atoms with E-state index in [1.54, 1.807) is 0 Å². The van der Waals surface area contributed by atoms with Crippen LogP contribution in [0.5, 0.6) is 0 Å². The van der Waals surface area contributed by atoms with E-state index >= 15 is 0 Å². The molecule has 0 bridgehead atoms. The third-order valence-electron chi connectivity index (χ3n) is 4.48. The topological polar surface area (TPSA) is 77.8 Å². The standard InChI is InChI=1S/C26H40O4/c1-3-5-7-8-9-10-11-12-13-14-15-16-17-18-20-23(19-6-4-2)25(26(29)30)24(28)21-22-27/h5-7,9-10,12-13,15-16,18-20,23-25,27-28H,3-4,8,11,14,17,21-22H2,1-2H3,(H,29,30)/b7-5-,10-9-,13-12-,16-15-,19-6-,20-18-/t23-,24-,25?/m1/s1. The first-order valence-electron chi connectivity index (χ1n) is 11.0. The molecule has 0 rings (SSSR count). The van der Waals surface area contributed by atoms with E-state index < -0.39 is 23.9 Å². The van der Waals surface area contributed by atoms with Crippen molar-refractivity contribution in [2.75, 3.05) is 6.61 Å². The summed E-state index contributed by atoms with van der Waals surface area (Å²) in [6.07, 6.45) is 28.9. The number of hydrogen-bond acceptors (Lipinski definition) is 3. The summed E-state index contributed by atoms with van der Waals surface area (Å²) < 4.78 is 0. The molecule has 4 nitrogen and oxygen atoms in total. The molecule has 30 heavy (non-hydrogen) atoms. The van der Waals surface area contributed by atoms with Gasteiger partial charge in [-0.05, 0) is 44.9 Å². The number of allylic oxidation sites excluding steroid dienone is 12. The first kappa shape index (κ1) is 27.8. The van der Waals surface area contributed by atoms with Crippen molar-refractivity contribution < 1.29 is 20.1 Å². The zero-order chi connectivity index (χ0) is 22.5. The molecule has 0 aromatic heterocycles. The Balaban J connectivity index is 4.50. The lowest BCUT2D eigenvalue weighted by Gasteiger charge is -2.23. The van der Waals surface area contributed by atoms with Crippen LogP contribution in [-0.2, 0) is 4.79 Å². The minimum atomic E-state index is -1.08. The molecule has 168 valence electrons. The minimum absolute atomic E-state index is 0.0537. The fraction of sp³-hybridized carbons (Fsp3) is 0.500.